The minimum Gasteiger partial charge on any atom is -0.479 e. The lowest BCUT2D eigenvalue weighted by Gasteiger charge is -2.33. The maximum Gasteiger partial charge on any atom is 0.267 e. The number of hydrogen-bond donors (Lipinski definition) is 1. The molecule has 1 aliphatic heterocycles. The number of amides is 2. The van der Waals surface area contributed by atoms with Gasteiger partial charge in [-0.15, -0.1) is 12.4 Å². The van der Waals surface area contributed by atoms with Gasteiger partial charge in [0.2, 0.25) is 5.91 Å². The number of carbonyl (C=O) groups excluding carboxylic acids is 2. The summed E-state index contributed by atoms with van der Waals surface area (Å²) in [5.41, 5.74) is 0.733. The largest absolute Gasteiger partial charge is 0.479 e. The average molecular weight is 342 g/mol. The van der Waals surface area contributed by atoms with Gasteiger partial charge in [0, 0.05) is 33.1 Å². The van der Waals surface area contributed by atoms with E-state index in [1.54, 1.807) is 23.8 Å². The Hall–Kier alpha value is -1.79. The molecule has 1 atom stereocenters. The fourth-order valence-electron chi connectivity index (χ4n) is 2.39. The van der Waals surface area contributed by atoms with E-state index in [-0.39, 0.29) is 24.2 Å². The van der Waals surface area contributed by atoms with Crippen molar-refractivity contribution in [2.24, 2.45) is 0 Å². The predicted molar refractivity (Wildman–Crippen MR) is 92.3 cm³/mol. The number of fused-ring (bicyclic) bond motifs is 1. The second kappa shape index (κ2) is 8.74. The summed E-state index contributed by atoms with van der Waals surface area (Å²) in [5, 5.41) is 3.01. The molecule has 0 saturated heterocycles. The van der Waals surface area contributed by atoms with Crippen molar-refractivity contribution in [1.82, 2.24) is 10.2 Å². The number of halogens is 1. The third kappa shape index (κ3) is 4.59. The lowest BCUT2D eigenvalue weighted by molar-refractivity contribution is -0.130. The fraction of sp³-hybridized carbons (Fsp3) is 0.500. The first kappa shape index (κ1) is 19.3. The number of ether oxygens (including phenoxy) is 1. The molecule has 1 aromatic rings. The minimum atomic E-state index is -0.521. The van der Waals surface area contributed by atoms with Gasteiger partial charge in [-0.3, -0.25) is 9.59 Å². The van der Waals surface area contributed by atoms with E-state index < -0.39 is 6.10 Å². The summed E-state index contributed by atoms with van der Waals surface area (Å²) < 4.78 is 5.59. The number of benzene rings is 1. The van der Waals surface area contributed by atoms with E-state index in [4.69, 9.17) is 4.74 Å². The molecule has 0 aromatic heterocycles. The first-order valence-corrected chi connectivity index (χ1v) is 7.50. The summed E-state index contributed by atoms with van der Waals surface area (Å²) in [6.45, 7) is 3.50. The number of nitrogens with one attached hydrogen (secondary N) is 1. The van der Waals surface area contributed by atoms with Crippen LogP contribution in [0.25, 0.3) is 0 Å². The third-order valence-corrected chi connectivity index (χ3v) is 3.75. The van der Waals surface area contributed by atoms with Crippen molar-refractivity contribution >= 4 is 29.9 Å². The maximum atomic E-state index is 12.3. The Labute approximate surface area is 143 Å². The maximum absolute atomic E-state index is 12.3. The zero-order chi connectivity index (χ0) is 16.1. The summed E-state index contributed by atoms with van der Waals surface area (Å²) in [6, 6.07) is 7.41. The van der Waals surface area contributed by atoms with Crippen LogP contribution in [0.15, 0.2) is 24.3 Å². The second-order valence-electron chi connectivity index (χ2n) is 5.39. The smallest absolute Gasteiger partial charge is 0.267 e. The molecular weight excluding hydrogens is 318 g/mol. The monoisotopic (exact) mass is 341 g/mol. The summed E-state index contributed by atoms with van der Waals surface area (Å²) in [5.74, 6) is 0.606. The highest BCUT2D eigenvalue weighted by atomic mass is 35.5. The van der Waals surface area contributed by atoms with Gasteiger partial charge in [-0.05, 0) is 26.1 Å². The quantitative estimate of drug-likeness (QED) is 0.847. The molecule has 0 saturated carbocycles. The van der Waals surface area contributed by atoms with E-state index in [0.717, 1.165) is 12.2 Å². The molecule has 0 aliphatic carbocycles. The van der Waals surface area contributed by atoms with Gasteiger partial charge in [-0.1, -0.05) is 12.1 Å². The number of carbonyl (C=O) groups is 2. The Morgan fingerprint density at radius 1 is 1.39 bits per heavy atom. The van der Waals surface area contributed by atoms with Gasteiger partial charge in [0.1, 0.15) is 5.75 Å². The number of nitrogens with zero attached hydrogens (tertiary/aromatic N) is 2. The first-order valence-electron chi connectivity index (χ1n) is 7.50. The Kier molecular flexibility index (Phi) is 7.32. The predicted octanol–water partition coefficient (Wildman–Crippen LogP) is 1.29. The average Bonchev–Trinajstić information content (AvgIpc) is 2.52. The highest BCUT2D eigenvalue weighted by Gasteiger charge is 2.31. The molecule has 23 heavy (non-hydrogen) atoms. The normalized spacial score (nSPS) is 16.2. The molecule has 1 unspecified atom stereocenters. The van der Waals surface area contributed by atoms with Crippen LogP contribution >= 0.6 is 12.4 Å². The van der Waals surface area contributed by atoms with Crippen LogP contribution < -0.4 is 15.0 Å². The fourth-order valence-corrected chi connectivity index (χ4v) is 2.39. The van der Waals surface area contributed by atoms with Gasteiger partial charge in [0.25, 0.3) is 5.91 Å². The van der Waals surface area contributed by atoms with Crippen LogP contribution in [0.2, 0.25) is 0 Å². The van der Waals surface area contributed by atoms with E-state index >= 15 is 0 Å². The van der Waals surface area contributed by atoms with E-state index in [1.165, 1.54) is 0 Å². The van der Waals surface area contributed by atoms with Crippen molar-refractivity contribution in [3.05, 3.63) is 24.3 Å². The second-order valence-corrected chi connectivity index (χ2v) is 5.39. The van der Waals surface area contributed by atoms with E-state index in [9.17, 15) is 9.59 Å². The van der Waals surface area contributed by atoms with Crippen molar-refractivity contribution in [2.45, 2.75) is 19.4 Å². The number of rotatable bonds is 6. The molecule has 0 fully saturated rings. The summed E-state index contributed by atoms with van der Waals surface area (Å²) in [6.07, 6.45) is -0.223. The highest BCUT2D eigenvalue weighted by Crippen LogP contribution is 2.33. The molecule has 0 spiro atoms. The van der Waals surface area contributed by atoms with Crippen molar-refractivity contribution in [2.75, 3.05) is 38.6 Å². The van der Waals surface area contributed by atoms with Crippen LogP contribution in [0.1, 0.15) is 13.3 Å². The van der Waals surface area contributed by atoms with Gasteiger partial charge >= 0.3 is 0 Å². The lowest BCUT2D eigenvalue weighted by atomic mass is 10.1. The first-order chi connectivity index (χ1) is 10.5. The molecule has 2 rings (SSSR count). The molecule has 7 heteroatoms. The molecule has 1 N–H and O–H groups in total. The zero-order valence-electron chi connectivity index (χ0n) is 13.7. The van der Waals surface area contributed by atoms with Crippen molar-refractivity contribution in [1.29, 1.82) is 0 Å². The Morgan fingerprint density at radius 2 is 2.09 bits per heavy atom. The van der Waals surface area contributed by atoms with Gasteiger partial charge in [0.05, 0.1) is 5.69 Å². The minimum absolute atomic E-state index is 0. The number of anilines is 1. The van der Waals surface area contributed by atoms with Gasteiger partial charge in [-0.25, -0.2) is 0 Å². The van der Waals surface area contributed by atoms with Crippen molar-refractivity contribution < 1.29 is 14.3 Å². The van der Waals surface area contributed by atoms with E-state index in [0.29, 0.717) is 25.3 Å². The topological polar surface area (TPSA) is 61.9 Å². The summed E-state index contributed by atoms with van der Waals surface area (Å²) in [7, 11) is 3.63. The number of likely N-dealkylation sites (N-methyl/N-ethyl adjacent to an activating group) is 2. The van der Waals surface area contributed by atoms with E-state index in [2.05, 4.69) is 5.32 Å². The molecule has 6 nitrogen and oxygen atoms in total. The Balaban J connectivity index is 0.00000264. The molecular formula is C16H24ClN3O3. The van der Waals surface area contributed by atoms with Crippen LogP contribution in [0, 0.1) is 0 Å². The Bertz CT molecular complexity index is 553. The lowest BCUT2D eigenvalue weighted by Crippen LogP contribution is -2.46. The molecule has 1 aromatic carbocycles. The van der Waals surface area contributed by atoms with Crippen LogP contribution in [0.5, 0.6) is 5.75 Å². The van der Waals surface area contributed by atoms with Gasteiger partial charge < -0.3 is 19.9 Å². The van der Waals surface area contributed by atoms with Gasteiger partial charge in [-0.2, -0.15) is 0 Å². The summed E-state index contributed by atoms with van der Waals surface area (Å²) in [4.78, 5) is 27.8. The standard InChI is InChI=1S/C16H23N3O3.ClH/c1-12-16(21)19(13-6-4-5-7-14(13)22-12)10-8-15(20)18(3)11-9-17-2;/h4-7,12,17H,8-11H2,1-3H3;1H. The van der Waals surface area contributed by atoms with Crippen LogP contribution in [-0.2, 0) is 9.59 Å². The van der Waals surface area contributed by atoms with Crippen molar-refractivity contribution in [3.63, 3.8) is 0 Å². The molecule has 0 radical (unpaired) electrons. The number of para-hydroxylation sites is 2. The van der Waals surface area contributed by atoms with Crippen molar-refractivity contribution in [3.8, 4) is 5.75 Å². The highest BCUT2D eigenvalue weighted by molar-refractivity contribution is 6.00. The SMILES string of the molecule is CNCCN(C)C(=O)CCN1C(=O)C(C)Oc2ccccc21.Cl. The molecule has 128 valence electrons. The van der Waals surface area contributed by atoms with Crippen LogP contribution in [-0.4, -0.2) is 56.5 Å². The molecule has 1 aliphatic rings. The Morgan fingerprint density at radius 3 is 2.78 bits per heavy atom. The van der Waals surface area contributed by atoms with Crippen LogP contribution in [0.4, 0.5) is 5.69 Å². The molecule has 0 bridgehead atoms. The molecule has 1 heterocycles. The summed E-state index contributed by atoms with van der Waals surface area (Å²) >= 11 is 0. The number of hydrogen-bond acceptors (Lipinski definition) is 4. The molecule has 2 amide bonds. The van der Waals surface area contributed by atoms with Gasteiger partial charge in [0.15, 0.2) is 6.10 Å². The van der Waals surface area contributed by atoms with Crippen LogP contribution in [0.3, 0.4) is 0 Å². The zero-order valence-corrected chi connectivity index (χ0v) is 14.6. The third-order valence-electron chi connectivity index (χ3n) is 3.75. The van der Waals surface area contributed by atoms with E-state index in [1.807, 2.05) is 31.3 Å².